The highest BCUT2D eigenvalue weighted by Crippen LogP contribution is 2.20. The molecule has 0 N–H and O–H groups in total. The molecule has 0 aromatic carbocycles. The molecular formula is C83H157NO8. The number of likely N-dealkylation sites (N-methyl/N-ethyl adjacent to an activating group) is 1. The Hall–Kier alpha value is -2.49. The van der Waals surface area contributed by atoms with Gasteiger partial charge in [0.25, 0.3) is 0 Å². The quantitative estimate of drug-likeness (QED) is 0.0195. The summed E-state index contributed by atoms with van der Waals surface area (Å²) in [6, 6.07) is 0. The number of ether oxygens (including phenoxy) is 4. The summed E-state index contributed by atoms with van der Waals surface area (Å²) in [4.78, 5) is 37.6. The lowest BCUT2D eigenvalue weighted by molar-refractivity contribution is -0.870. The third-order valence-corrected chi connectivity index (χ3v) is 18.6. The van der Waals surface area contributed by atoms with Gasteiger partial charge in [0, 0.05) is 12.8 Å². The Bertz CT molecular complexity index is 1600. The largest absolute Gasteiger partial charge is 0.545 e. The molecule has 0 spiro atoms. The van der Waals surface area contributed by atoms with E-state index < -0.39 is 24.3 Å². The fourth-order valence-electron chi connectivity index (χ4n) is 12.4. The van der Waals surface area contributed by atoms with Gasteiger partial charge in [0.15, 0.2) is 12.4 Å². The van der Waals surface area contributed by atoms with Gasteiger partial charge in [-0.3, -0.25) is 9.59 Å². The van der Waals surface area contributed by atoms with Crippen LogP contribution in [0.4, 0.5) is 0 Å². The van der Waals surface area contributed by atoms with Crippen LogP contribution in [0.15, 0.2) is 36.5 Å². The molecule has 0 aromatic heterocycles. The summed E-state index contributed by atoms with van der Waals surface area (Å²) < 4.78 is 22.9. The normalized spacial score (nSPS) is 12.8. The molecule has 0 saturated carbocycles. The molecule has 0 saturated heterocycles. The number of carboxylic acid groups (broad SMARTS) is 1. The van der Waals surface area contributed by atoms with Gasteiger partial charge in [-0.1, -0.05) is 391 Å². The van der Waals surface area contributed by atoms with E-state index >= 15 is 0 Å². The van der Waals surface area contributed by atoms with Crippen molar-refractivity contribution in [1.29, 1.82) is 0 Å². The SMILES string of the molecule is CCCCCCC/C=C\C/C=C\C/C=C\CCCCCCCCCCCCCCCCCCCCCCCCCCCCC(=O)OC(COC(=O)CCCCCCCCCCCCCCCCCCCCCCCCCCCC)COC(OCC[N+](C)(C)C)C(=O)[O-]. The number of quaternary nitrogens is 1. The minimum atomic E-state index is -1.62. The van der Waals surface area contributed by atoms with E-state index in [0.717, 1.165) is 51.4 Å². The molecule has 0 radical (unpaired) electrons. The lowest BCUT2D eigenvalue weighted by atomic mass is 10.0. The van der Waals surface area contributed by atoms with Crippen LogP contribution >= 0.6 is 0 Å². The molecule has 2 unspecified atom stereocenters. The molecule has 0 aliphatic rings. The van der Waals surface area contributed by atoms with E-state index in [1.165, 1.54) is 340 Å². The molecule has 0 amide bonds. The Morgan fingerprint density at radius 3 is 0.870 bits per heavy atom. The highest BCUT2D eigenvalue weighted by Gasteiger charge is 2.22. The zero-order valence-corrected chi connectivity index (χ0v) is 62.2. The van der Waals surface area contributed by atoms with Crippen molar-refractivity contribution in [3.63, 3.8) is 0 Å². The minimum Gasteiger partial charge on any atom is -0.545 e. The van der Waals surface area contributed by atoms with Crippen LogP contribution in [0.25, 0.3) is 0 Å². The standard InChI is InChI=1S/C83H157NO8/c1-6-8-10-12-14-16-18-20-22-24-26-28-30-32-34-35-36-37-38-39-40-41-42-43-44-45-46-47-48-50-52-54-56-58-60-62-64-66-68-70-72-74-81(86)92-79(78-91-83(82(87)88)89-76-75-84(3,4)5)77-90-80(85)73-71-69-67-65-63-61-59-57-55-53-51-49-33-31-29-27-25-23-21-19-17-15-13-11-9-7-2/h18,20,24,26,30,32,79,83H,6-17,19,21-23,25,27-29,31,33-78H2,1-5H3/b20-18-,26-24-,32-30-. The van der Waals surface area contributed by atoms with E-state index in [9.17, 15) is 19.5 Å². The number of allylic oxidation sites excluding steroid dienone is 6. The Kier molecular flexibility index (Phi) is 72.3. The molecule has 0 aromatic rings. The Balaban J connectivity index is 3.93. The number of rotatable bonds is 77. The van der Waals surface area contributed by atoms with Crippen LogP contribution in [0.1, 0.15) is 418 Å². The van der Waals surface area contributed by atoms with Crippen LogP contribution in [0.3, 0.4) is 0 Å². The lowest BCUT2D eigenvalue weighted by Gasteiger charge is -2.26. The van der Waals surface area contributed by atoms with Crippen LogP contribution < -0.4 is 5.11 Å². The molecule has 0 fully saturated rings. The number of carboxylic acids is 1. The van der Waals surface area contributed by atoms with Crippen LogP contribution in [-0.2, 0) is 33.3 Å². The van der Waals surface area contributed by atoms with Gasteiger partial charge in [0.05, 0.1) is 40.3 Å². The second kappa shape index (κ2) is 74.3. The Labute approximate surface area is 572 Å². The van der Waals surface area contributed by atoms with Crippen molar-refractivity contribution < 1.29 is 42.9 Å². The topological polar surface area (TPSA) is 111 Å². The zero-order valence-electron chi connectivity index (χ0n) is 62.2. The van der Waals surface area contributed by atoms with Crippen LogP contribution in [0.5, 0.6) is 0 Å². The summed E-state index contributed by atoms with van der Waals surface area (Å²) in [6.45, 7) is 4.82. The molecule has 0 heterocycles. The first-order chi connectivity index (χ1) is 45.1. The van der Waals surface area contributed by atoms with Gasteiger partial charge >= 0.3 is 11.9 Å². The number of unbranched alkanes of at least 4 members (excludes halogenated alkanes) is 56. The molecular weight excluding hydrogens is 1140 g/mol. The second-order valence-electron chi connectivity index (χ2n) is 29.1. The highest BCUT2D eigenvalue weighted by molar-refractivity contribution is 5.70. The number of carbonyl (C=O) groups excluding carboxylic acids is 3. The summed E-state index contributed by atoms with van der Waals surface area (Å²) in [5.74, 6) is -2.25. The first kappa shape index (κ1) is 89.5. The first-order valence-corrected chi connectivity index (χ1v) is 40.6. The van der Waals surface area contributed by atoms with Crippen molar-refractivity contribution >= 4 is 17.9 Å². The molecule has 9 heteroatoms. The van der Waals surface area contributed by atoms with Gasteiger partial charge in [0.1, 0.15) is 13.2 Å². The van der Waals surface area contributed by atoms with E-state index in [4.69, 9.17) is 18.9 Å². The number of carbonyl (C=O) groups is 3. The Morgan fingerprint density at radius 2 is 0.587 bits per heavy atom. The van der Waals surface area contributed by atoms with Crippen LogP contribution in [0.2, 0.25) is 0 Å². The van der Waals surface area contributed by atoms with Crippen molar-refractivity contribution in [2.24, 2.45) is 0 Å². The maximum Gasteiger partial charge on any atom is 0.306 e. The summed E-state index contributed by atoms with van der Waals surface area (Å²) in [5.41, 5.74) is 0. The summed E-state index contributed by atoms with van der Waals surface area (Å²) in [7, 11) is 5.95. The molecule has 542 valence electrons. The molecule has 92 heavy (non-hydrogen) atoms. The van der Waals surface area contributed by atoms with Gasteiger partial charge in [-0.05, 0) is 51.4 Å². The van der Waals surface area contributed by atoms with E-state index in [0.29, 0.717) is 17.4 Å². The average Bonchev–Trinajstić information content (AvgIpc) is 3.70. The average molecular weight is 1300 g/mol. The van der Waals surface area contributed by atoms with Gasteiger partial charge in [-0.25, -0.2) is 0 Å². The van der Waals surface area contributed by atoms with Crippen LogP contribution in [0, 0.1) is 0 Å². The summed E-state index contributed by atoms with van der Waals surface area (Å²) in [5, 5.41) is 11.9. The molecule has 2 atom stereocenters. The maximum absolute atomic E-state index is 13.0. The third kappa shape index (κ3) is 74.9. The zero-order chi connectivity index (χ0) is 66.8. The second-order valence-corrected chi connectivity index (χ2v) is 29.1. The summed E-state index contributed by atoms with van der Waals surface area (Å²) in [6.07, 6.45) is 92.8. The van der Waals surface area contributed by atoms with Crippen molar-refractivity contribution in [3.8, 4) is 0 Å². The van der Waals surface area contributed by atoms with Crippen molar-refractivity contribution in [2.75, 3.05) is 47.5 Å². The van der Waals surface area contributed by atoms with Gasteiger partial charge in [-0.2, -0.15) is 0 Å². The molecule has 0 aliphatic carbocycles. The van der Waals surface area contributed by atoms with Gasteiger partial charge < -0.3 is 33.3 Å². The predicted molar refractivity (Wildman–Crippen MR) is 394 cm³/mol. The minimum absolute atomic E-state index is 0.152. The van der Waals surface area contributed by atoms with E-state index in [1.54, 1.807) is 0 Å². The summed E-state index contributed by atoms with van der Waals surface area (Å²) >= 11 is 0. The van der Waals surface area contributed by atoms with E-state index in [1.807, 2.05) is 21.1 Å². The molecule has 0 bridgehead atoms. The number of hydrogen-bond donors (Lipinski definition) is 0. The van der Waals surface area contributed by atoms with Crippen molar-refractivity contribution in [3.05, 3.63) is 36.5 Å². The van der Waals surface area contributed by atoms with E-state index in [-0.39, 0.29) is 32.2 Å². The number of esters is 2. The van der Waals surface area contributed by atoms with Crippen molar-refractivity contribution in [1.82, 2.24) is 0 Å². The van der Waals surface area contributed by atoms with Crippen molar-refractivity contribution in [2.45, 2.75) is 431 Å². The van der Waals surface area contributed by atoms with Gasteiger partial charge in [0.2, 0.25) is 0 Å². The fraction of sp³-hybridized carbons (Fsp3) is 0.892. The fourth-order valence-corrected chi connectivity index (χ4v) is 12.4. The highest BCUT2D eigenvalue weighted by atomic mass is 16.7. The first-order valence-electron chi connectivity index (χ1n) is 40.6. The van der Waals surface area contributed by atoms with E-state index in [2.05, 4.69) is 50.3 Å². The van der Waals surface area contributed by atoms with Gasteiger partial charge in [-0.15, -0.1) is 0 Å². The molecule has 0 aliphatic heterocycles. The number of aliphatic carboxylic acids is 1. The molecule has 0 rings (SSSR count). The Morgan fingerprint density at radius 1 is 0.326 bits per heavy atom. The smallest absolute Gasteiger partial charge is 0.306 e. The molecule has 9 nitrogen and oxygen atoms in total. The number of hydrogen-bond acceptors (Lipinski definition) is 8. The van der Waals surface area contributed by atoms with Crippen LogP contribution in [-0.4, -0.2) is 82.3 Å². The monoisotopic (exact) mass is 1300 g/mol. The third-order valence-electron chi connectivity index (χ3n) is 18.6. The number of nitrogens with zero attached hydrogens (tertiary/aromatic N) is 1. The maximum atomic E-state index is 13.0. The lowest BCUT2D eigenvalue weighted by Crippen LogP contribution is -2.44. The predicted octanol–water partition coefficient (Wildman–Crippen LogP) is 24.5.